The van der Waals surface area contributed by atoms with E-state index in [0.29, 0.717) is 6.54 Å². The molecule has 1 atom stereocenters. The van der Waals surface area contributed by atoms with E-state index < -0.39 is 0 Å². The van der Waals surface area contributed by atoms with Crippen LogP contribution in [0, 0.1) is 0 Å². The Hall–Kier alpha value is -2.34. The highest BCUT2D eigenvalue weighted by atomic mass is 16.7. The minimum absolute atomic E-state index is 0.00796. The molecule has 2 heterocycles. The van der Waals surface area contributed by atoms with Gasteiger partial charge in [-0.1, -0.05) is 6.07 Å². The van der Waals surface area contributed by atoms with Gasteiger partial charge in [0.05, 0.1) is 6.04 Å². The predicted octanol–water partition coefficient (Wildman–Crippen LogP) is 0.933. The summed E-state index contributed by atoms with van der Waals surface area (Å²) in [4.78, 5) is 15.4. The number of aromatic nitrogens is 2. The quantitative estimate of drug-likeness (QED) is 0.898. The number of rotatable bonds is 4. The Balaban J connectivity index is 1.87. The average molecular weight is 273 g/mol. The number of nitrogens with one attached hydrogen (secondary N) is 1. The van der Waals surface area contributed by atoms with E-state index in [1.54, 1.807) is 16.8 Å². The molecule has 104 valence electrons. The van der Waals surface area contributed by atoms with Crippen molar-refractivity contribution >= 4 is 0 Å². The van der Waals surface area contributed by atoms with E-state index in [-0.39, 0.29) is 18.5 Å². The lowest BCUT2D eigenvalue weighted by molar-refractivity contribution is 0.174. The molecule has 6 heteroatoms. The SMILES string of the molecule is CNC(Cn1cccnc1=O)c1ccc2c(c1)OCO2. The van der Waals surface area contributed by atoms with Gasteiger partial charge in [-0.15, -0.1) is 0 Å². The van der Waals surface area contributed by atoms with Crippen molar-refractivity contribution in [2.45, 2.75) is 12.6 Å². The molecule has 0 bridgehead atoms. The summed E-state index contributed by atoms with van der Waals surface area (Å²) in [6.45, 7) is 0.758. The van der Waals surface area contributed by atoms with E-state index in [0.717, 1.165) is 17.1 Å². The van der Waals surface area contributed by atoms with Gasteiger partial charge < -0.3 is 14.8 Å². The molecule has 0 radical (unpaired) electrons. The summed E-state index contributed by atoms with van der Waals surface area (Å²) in [5, 5.41) is 3.20. The Morgan fingerprint density at radius 2 is 2.25 bits per heavy atom. The summed E-state index contributed by atoms with van der Waals surface area (Å²) in [5.41, 5.74) is 0.779. The molecular formula is C14H15N3O3. The molecule has 2 aromatic rings. The van der Waals surface area contributed by atoms with Gasteiger partial charge in [0, 0.05) is 18.9 Å². The normalized spacial score (nSPS) is 14.2. The number of nitrogens with zero attached hydrogens (tertiary/aromatic N) is 2. The summed E-state index contributed by atoms with van der Waals surface area (Å²) < 4.78 is 12.2. The molecule has 0 spiro atoms. The first-order valence-electron chi connectivity index (χ1n) is 6.36. The summed E-state index contributed by atoms with van der Waals surface area (Å²) in [5.74, 6) is 1.49. The Morgan fingerprint density at radius 3 is 3.05 bits per heavy atom. The smallest absolute Gasteiger partial charge is 0.347 e. The van der Waals surface area contributed by atoms with E-state index in [4.69, 9.17) is 9.47 Å². The van der Waals surface area contributed by atoms with Crippen molar-refractivity contribution in [1.82, 2.24) is 14.9 Å². The molecular weight excluding hydrogens is 258 g/mol. The van der Waals surface area contributed by atoms with Crippen molar-refractivity contribution < 1.29 is 9.47 Å². The lowest BCUT2D eigenvalue weighted by Crippen LogP contribution is -2.29. The van der Waals surface area contributed by atoms with Gasteiger partial charge in [0.25, 0.3) is 0 Å². The molecule has 3 rings (SSSR count). The second-order valence-corrected chi connectivity index (χ2v) is 4.51. The largest absolute Gasteiger partial charge is 0.454 e. The zero-order chi connectivity index (χ0) is 13.9. The first-order chi connectivity index (χ1) is 9.78. The second-order valence-electron chi connectivity index (χ2n) is 4.51. The minimum atomic E-state index is -0.256. The zero-order valence-electron chi connectivity index (χ0n) is 11.1. The fourth-order valence-corrected chi connectivity index (χ4v) is 2.22. The van der Waals surface area contributed by atoms with Gasteiger partial charge in [0.2, 0.25) is 6.79 Å². The van der Waals surface area contributed by atoms with Gasteiger partial charge >= 0.3 is 5.69 Å². The Morgan fingerprint density at radius 1 is 1.40 bits per heavy atom. The molecule has 1 aliphatic heterocycles. The number of fused-ring (bicyclic) bond motifs is 1. The molecule has 1 unspecified atom stereocenters. The molecule has 0 saturated carbocycles. The third-order valence-corrected chi connectivity index (χ3v) is 3.31. The van der Waals surface area contributed by atoms with E-state index in [1.807, 2.05) is 25.2 Å². The Kier molecular flexibility index (Phi) is 3.39. The van der Waals surface area contributed by atoms with Crippen molar-refractivity contribution in [1.29, 1.82) is 0 Å². The maximum absolute atomic E-state index is 11.7. The molecule has 20 heavy (non-hydrogen) atoms. The summed E-state index contributed by atoms with van der Waals surface area (Å²) in [6.07, 6.45) is 3.22. The fraction of sp³-hybridized carbons (Fsp3) is 0.286. The van der Waals surface area contributed by atoms with Crippen molar-refractivity contribution in [3.05, 3.63) is 52.7 Å². The third kappa shape index (κ3) is 2.37. The Labute approximate surface area is 116 Å². The van der Waals surface area contributed by atoms with Gasteiger partial charge in [0.1, 0.15) is 0 Å². The van der Waals surface area contributed by atoms with Crippen LogP contribution >= 0.6 is 0 Å². The third-order valence-electron chi connectivity index (χ3n) is 3.31. The van der Waals surface area contributed by atoms with E-state index >= 15 is 0 Å². The number of hydrogen-bond acceptors (Lipinski definition) is 5. The molecule has 1 aromatic heterocycles. The van der Waals surface area contributed by atoms with Crippen LogP contribution in [0.1, 0.15) is 11.6 Å². The number of benzene rings is 1. The highest BCUT2D eigenvalue weighted by Gasteiger charge is 2.17. The van der Waals surface area contributed by atoms with Crippen LogP contribution in [0.15, 0.2) is 41.5 Å². The lowest BCUT2D eigenvalue weighted by atomic mass is 10.1. The monoisotopic (exact) mass is 273 g/mol. The van der Waals surface area contributed by atoms with Crippen LogP contribution in [0.25, 0.3) is 0 Å². The van der Waals surface area contributed by atoms with Crippen LogP contribution in [0.3, 0.4) is 0 Å². The van der Waals surface area contributed by atoms with Gasteiger partial charge in [0.15, 0.2) is 11.5 Å². The maximum Gasteiger partial charge on any atom is 0.347 e. The Bertz CT molecular complexity index is 669. The lowest BCUT2D eigenvalue weighted by Gasteiger charge is -2.18. The average Bonchev–Trinajstić information content (AvgIpc) is 2.94. The van der Waals surface area contributed by atoms with Gasteiger partial charge in [-0.2, -0.15) is 0 Å². The number of ether oxygens (including phenoxy) is 2. The first-order valence-corrected chi connectivity index (χ1v) is 6.36. The topological polar surface area (TPSA) is 65.4 Å². The zero-order valence-corrected chi connectivity index (χ0v) is 11.1. The van der Waals surface area contributed by atoms with E-state index in [2.05, 4.69) is 10.3 Å². The van der Waals surface area contributed by atoms with Crippen molar-refractivity contribution in [2.75, 3.05) is 13.8 Å². The van der Waals surface area contributed by atoms with Crippen molar-refractivity contribution in [3.8, 4) is 11.5 Å². The van der Waals surface area contributed by atoms with Crippen molar-refractivity contribution in [2.24, 2.45) is 0 Å². The number of likely N-dealkylation sites (N-methyl/N-ethyl adjacent to an activating group) is 1. The standard InChI is InChI=1S/C14H15N3O3/c1-15-11(8-17-6-2-5-16-14(17)18)10-3-4-12-13(7-10)20-9-19-12/h2-7,11,15H,8-9H2,1H3. The first kappa shape index (κ1) is 12.7. The molecule has 6 nitrogen and oxygen atoms in total. The summed E-state index contributed by atoms with van der Waals surface area (Å²) in [6, 6.07) is 7.52. The summed E-state index contributed by atoms with van der Waals surface area (Å²) in [7, 11) is 1.86. The summed E-state index contributed by atoms with van der Waals surface area (Å²) >= 11 is 0. The van der Waals surface area contributed by atoms with Crippen LogP contribution in [0.5, 0.6) is 11.5 Å². The molecule has 1 aromatic carbocycles. The molecule has 1 N–H and O–H groups in total. The highest BCUT2D eigenvalue weighted by molar-refractivity contribution is 5.45. The minimum Gasteiger partial charge on any atom is -0.454 e. The van der Waals surface area contributed by atoms with Crippen molar-refractivity contribution in [3.63, 3.8) is 0 Å². The van der Waals surface area contributed by atoms with Gasteiger partial charge in [-0.05, 0) is 30.8 Å². The van der Waals surface area contributed by atoms with Crippen LogP contribution in [-0.4, -0.2) is 23.4 Å². The van der Waals surface area contributed by atoms with Crippen LogP contribution in [-0.2, 0) is 6.54 Å². The molecule has 1 aliphatic rings. The van der Waals surface area contributed by atoms with Crippen LogP contribution < -0.4 is 20.5 Å². The number of hydrogen-bond donors (Lipinski definition) is 1. The van der Waals surface area contributed by atoms with Crippen LogP contribution in [0.2, 0.25) is 0 Å². The van der Waals surface area contributed by atoms with E-state index in [1.165, 1.54) is 6.20 Å². The van der Waals surface area contributed by atoms with E-state index in [9.17, 15) is 4.79 Å². The molecule has 0 fully saturated rings. The fourth-order valence-electron chi connectivity index (χ4n) is 2.22. The second kappa shape index (κ2) is 5.34. The molecule has 0 aliphatic carbocycles. The van der Waals surface area contributed by atoms with Gasteiger partial charge in [-0.3, -0.25) is 4.57 Å². The highest BCUT2D eigenvalue weighted by Crippen LogP contribution is 2.34. The molecule has 0 saturated heterocycles. The maximum atomic E-state index is 11.7. The van der Waals surface area contributed by atoms with Gasteiger partial charge in [-0.25, -0.2) is 9.78 Å². The predicted molar refractivity (Wildman–Crippen MR) is 72.9 cm³/mol. The van der Waals surface area contributed by atoms with Crippen LogP contribution in [0.4, 0.5) is 0 Å². The molecule has 0 amide bonds.